The van der Waals surface area contributed by atoms with Gasteiger partial charge in [0.15, 0.2) is 0 Å². The number of hydrogen-bond donors (Lipinski definition) is 2. The van der Waals surface area contributed by atoms with Crippen LogP contribution in [-0.4, -0.2) is 5.97 Å². The molecule has 0 unspecified atom stereocenters. The van der Waals surface area contributed by atoms with Crippen LogP contribution >= 0.6 is 0 Å². The molecule has 0 aliphatic heterocycles. The summed E-state index contributed by atoms with van der Waals surface area (Å²) in [4.78, 5) is 12.4. The average molecular weight is 439 g/mol. The molecule has 0 aromatic heterocycles. The van der Waals surface area contributed by atoms with Gasteiger partial charge in [0.25, 0.3) is 0 Å². The van der Waals surface area contributed by atoms with Crippen LogP contribution < -0.4 is 16.2 Å². The normalized spacial score (nSPS) is 10.9. The van der Waals surface area contributed by atoms with Gasteiger partial charge in [-0.05, 0) is 48.7 Å². The highest BCUT2D eigenvalue weighted by atomic mass is 16.5. The van der Waals surface area contributed by atoms with E-state index in [0.29, 0.717) is 22.7 Å². The summed E-state index contributed by atoms with van der Waals surface area (Å²) >= 11 is 0. The first kappa shape index (κ1) is 25.8. The van der Waals surface area contributed by atoms with E-state index >= 15 is 0 Å². The Kier molecular flexibility index (Phi) is 12.3. The summed E-state index contributed by atoms with van der Waals surface area (Å²) < 4.78 is 5.52. The van der Waals surface area contributed by atoms with E-state index < -0.39 is 5.97 Å². The van der Waals surface area contributed by atoms with Gasteiger partial charge in [-0.3, -0.25) is 0 Å². The minimum atomic E-state index is -0.442. The summed E-state index contributed by atoms with van der Waals surface area (Å²) in [6.45, 7) is 2.27. The number of carbonyl (C=O) groups excluding carboxylic acids is 1. The fourth-order valence-electron chi connectivity index (χ4n) is 4.07. The van der Waals surface area contributed by atoms with Gasteiger partial charge in [0.1, 0.15) is 5.75 Å². The van der Waals surface area contributed by atoms with Gasteiger partial charge in [0.05, 0.1) is 5.56 Å². The summed E-state index contributed by atoms with van der Waals surface area (Å²) in [5, 5.41) is 0. The zero-order valence-corrected chi connectivity index (χ0v) is 19.9. The molecule has 4 nitrogen and oxygen atoms in total. The SMILES string of the molecule is CCCCCCCCCCCCCCCc1cccc(OC(=O)c2cc(N)cc(N)c2)c1. The van der Waals surface area contributed by atoms with Crippen LogP contribution in [0.1, 0.15) is 106 Å². The molecule has 176 valence electrons. The molecule has 0 fully saturated rings. The standard InChI is InChI=1S/C28H42N2O2/c1-2-3-4-5-6-7-8-9-10-11-12-13-14-16-23-17-15-18-27(19-23)32-28(31)24-20-25(29)22-26(30)21-24/h15,17-22H,2-14,16,29-30H2,1H3. The summed E-state index contributed by atoms with van der Waals surface area (Å²) in [7, 11) is 0. The lowest BCUT2D eigenvalue weighted by Gasteiger charge is -2.08. The molecule has 0 heterocycles. The highest BCUT2D eigenvalue weighted by Crippen LogP contribution is 2.20. The first-order chi connectivity index (χ1) is 15.6. The predicted octanol–water partition coefficient (Wildman–Crippen LogP) is 7.70. The van der Waals surface area contributed by atoms with Crippen molar-refractivity contribution in [1.29, 1.82) is 0 Å². The third-order valence-corrected chi connectivity index (χ3v) is 5.89. The molecule has 2 aromatic rings. The first-order valence-corrected chi connectivity index (χ1v) is 12.6. The number of carbonyl (C=O) groups is 1. The third-order valence-electron chi connectivity index (χ3n) is 5.89. The monoisotopic (exact) mass is 438 g/mol. The van der Waals surface area contributed by atoms with Crippen molar-refractivity contribution in [1.82, 2.24) is 0 Å². The van der Waals surface area contributed by atoms with Crippen LogP contribution in [-0.2, 0) is 6.42 Å². The van der Waals surface area contributed by atoms with Gasteiger partial charge in [0.2, 0.25) is 0 Å². The average Bonchev–Trinajstić information content (AvgIpc) is 2.76. The van der Waals surface area contributed by atoms with Crippen LogP contribution in [0.2, 0.25) is 0 Å². The summed E-state index contributed by atoms with van der Waals surface area (Å²) in [6, 6.07) is 12.6. The number of benzene rings is 2. The van der Waals surface area contributed by atoms with Crippen molar-refractivity contribution in [2.45, 2.75) is 96.8 Å². The molecular formula is C28H42N2O2. The fourth-order valence-corrected chi connectivity index (χ4v) is 4.07. The number of rotatable bonds is 16. The Labute approximate surface area is 194 Å². The Morgan fingerprint density at radius 1 is 0.719 bits per heavy atom. The molecule has 0 bridgehead atoms. The Bertz CT molecular complexity index is 784. The number of nitrogens with two attached hydrogens (primary N) is 2. The topological polar surface area (TPSA) is 78.3 Å². The summed E-state index contributed by atoms with van der Waals surface area (Å²) in [5.74, 6) is 0.116. The van der Waals surface area contributed by atoms with E-state index in [9.17, 15) is 4.79 Å². The second-order valence-corrected chi connectivity index (χ2v) is 8.92. The summed E-state index contributed by atoms with van der Waals surface area (Å²) in [6.07, 6.45) is 18.6. The van der Waals surface area contributed by atoms with Crippen LogP contribution in [0.5, 0.6) is 5.75 Å². The molecule has 0 aliphatic carbocycles. The number of esters is 1. The maximum Gasteiger partial charge on any atom is 0.343 e. The smallest absolute Gasteiger partial charge is 0.343 e. The molecule has 0 saturated heterocycles. The molecule has 4 N–H and O–H groups in total. The second-order valence-electron chi connectivity index (χ2n) is 8.92. The highest BCUT2D eigenvalue weighted by molar-refractivity contribution is 5.93. The molecule has 4 heteroatoms. The number of nitrogen functional groups attached to an aromatic ring is 2. The molecular weight excluding hydrogens is 396 g/mol. The van der Waals surface area contributed by atoms with E-state index in [2.05, 4.69) is 13.0 Å². The Hall–Kier alpha value is -2.49. The summed E-state index contributed by atoms with van der Waals surface area (Å²) in [5.41, 5.74) is 14.0. The molecule has 2 rings (SSSR count). The van der Waals surface area contributed by atoms with Crippen molar-refractivity contribution in [2.24, 2.45) is 0 Å². The lowest BCUT2D eigenvalue weighted by Crippen LogP contribution is -2.09. The van der Waals surface area contributed by atoms with Crippen molar-refractivity contribution < 1.29 is 9.53 Å². The lowest BCUT2D eigenvalue weighted by atomic mass is 10.0. The molecule has 32 heavy (non-hydrogen) atoms. The number of aryl methyl sites for hydroxylation is 1. The van der Waals surface area contributed by atoms with E-state index in [1.165, 1.54) is 89.0 Å². The molecule has 0 aliphatic rings. The third kappa shape index (κ3) is 10.7. The first-order valence-electron chi connectivity index (χ1n) is 12.6. The van der Waals surface area contributed by atoms with Crippen LogP contribution in [0.15, 0.2) is 42.5 Å². The molecule has 0 spiro atoms. The maximum atomic E-state index is 12.4. The predicted molar refractivity (Wildman–Crippen MR) is 136 cm³/mol. The van der Waals surface area contributed by atoms with Crippen LogP contribution in [0.4, 0.5) is 11.4 Å². The van der Waals surface area contributed by atoms with E-state index in [1.54, 1.807) is 24.3 Å². The van der Waals surface area contributed by atoms with Crippen LogP contribution in [0.3, 0.4) is 0 Å². The van der Waals surface area contributed by atoms with Crippen molar-refractivity contribution in [3.8, 4) is 5.75 Å². The number of hydrogen-bond acceptors (Lipinski definition) is 4. The lowest BCUT2D eigenvalue weighted by molar-refractivity contribution is 0.0735. The number of ether oxygens (including phenoxy) is 1. The Balaban J connectivity index is 1.58. The van der Waals surface area contributed by atoms with Gasteiger partial charge in [-0.15, -0.1) is 0 Å². The molecule has 0 radical (unpaired) electrons. The van der Waals surface area contributed by atoms with Crippen LogP contribution in [0.25, 0.3) is 0 Å². The zero-order chi connectivity index (χ0) is 23.0. The van der Waals surface area contributed by atoms with E-state index in [0.717, 1.165) is 6.42 Å². The molecule has 0 saturated carbocycles. The van der Waals surface area contributed by atoms with E-state index in [4.69, 9.17) is 16.2 Å². The van der Waals surface area contributed by atoms with Gasteiger partial charge in [-0.1, -0.05) is 96.1 Å². The van der Waals surface area contributed by atoms with Crippen molar-refractivity contribution in [3.63, 3.8) is 0 Å². The fraction of sp³-hybridized carbons (Fsp3) is 0.536. The minimum absolute atomic E-state index is 0.365. The number of anilines is 2. The number of unbranched alkanes of at least 4 members (excludes halogenated alkanes) is 12. The van der Waals surface area contributed by atoms with E-state index in [1.807, 2.05) is 12.1 Å². The van der Waals surface area contributed by atoms with Gasteiger partial charge in [0, 0.05) is 11.4 Å². The van der Waals surface area contributed by atoms with Gasteiger partial charge >= 0.3 is 5.97 Å². The quantitative estimate of drug-likeness (QED) is 0.122. The van der Waals surface area contributed by atoms with Gasteiger partial charge < -0.3 is 16.2 Å². The van der Waals surface area contributed by atoms with Crippen molar-refractivity contribution in [2.75, 3.05) is 11.5 Å². The molecule has 0 amide bonds. The second kappa shape index (κ2) is 15.3. The van der Waals surface area contributed by atoms with Gasteiger partial charge in [-0.25, -0.2) is 4.79 Å². The van der Waals surface area contributed by atoms with E-state index in [-0.39, 0.29) is 0 Å². The Morgan fingerprint density at radius 3 is 1.81 bits per heavy atom. The maximum absolute atomic E-state index is 12.4. The van der Waals surface area contributed by atoms with Crippen molar-refractivity contribution in [3.05, 3.63) is 53.6 Å². The molecule has 2 aromatic carbocycles. The minimum Gasteiger partial charge on any atom is -0.423 e. The zero-order valence-electron chi connectivity index (χ0n) is 19.9. The largest absolute Gasteiger partial charge is 0.423 e. The van der Waals surface area contributed by atoms with Gasteiger partial charge in [-0.2, -0.15) is 0 Å². The Morgan fingerprint density at radius 2 is 1.25 bits per heavy atom. The molecule has 0 atom stereocenters. The highest BCUT2D eigenvalue weighted by Gasteiger charge is 2.10. The van der Waals surface area contributed by atoms with Crippen molar-refractivity contribution >= 4 is 17.3 Å². The van der Waals surface area contributed by atoms with Crippen LogP contribution in [0, 0.1) is 0 Å².